The first-order chi connectivity index (χ1) is 5.17. The quantitative estimate of drug-likeness (QED) is 0.485. The molecule has 0 radical (unpaired) electrons. The van der Waals surface area contributed by atoms with Gasteiger partial charge in [0.15, 0.2) is 6.26 Å². The van der Waals surface area contributed by atoms with Gasteiger partial charge in [0.05, 0.1) is 0 Å². The molecule has 0 N–H and O–H groups in total. The minimum atomic E-state index is -5.33. The smallest absolute Gasteiger partial charge is 0.452 e. The summed E-state index contributed by atoms with van der Waals surface area (Å²) in [5, 5.41) is 0. The number of hydrogen-bond acceptors (Lipinski definition) is 1. The lowest BCUT2D eigenvalue weighted by atomic mass is 10.3. The van der Waals surface area contributed by atoms with Gasteiger partial charge in [0, 0.05) is 6.92 Å². The van der Waals surface area contributed by atoms with Gasteiger partial charge >= 0.3 is 18.1 Å². The van der Waals surface area contributed by atoms with E-state index in [2.05, 4.69) is 4.74 Å². The minimum Gasteiger partial charge on any atom is -0.452 e. The van der Waals surface area contributed by atoms with Gasteiger partial charge in [-0.25, -0.2) is 0 Å². The summed E-state index contributed by atoms with van der Waals surface area (Å²) in [6, 6.07) is 0. The van der Waals surface area contributed by atoms with E-state index in [0.29, 0.717) is 0 Å². The first kappa shape index (κ1) is 11.1. The molecule has 0 heterocycles. The molecule has 0 aromatic rings. The van der Waals surface area contributed by atoms with Crippen LogP contribution in [-0.4, -0.2) is 12.0 Å². The van der Waals surface area contributed by atoms with Crippen molar-refractivity contribution in [3.05, 3.63) is 12.3 Å². The van der Waals surface area contributed by atoms with Crippen molar-refractivity contribution >= 4 is 0 Å². The zero-order chi connectivity index (χ0) is 9.99. The largest absolute Gasteiger partial charge is 0.459 e. The molecule has 0 saturated carbocycles. The van der Waals surface area contributed by atoms with Crippen molar-refractivity contribution in [3.63, 3.8) is 0 Å². The Morgan fingerprint density at radius 2 is 1.58 bits per heavy atom. The zero-order valence-corrected chi connectivity index (χ0v) is 5.75. The molecule has 0 fully saturated rings. The fourth-order valence-electron chi connectivity index (χ4n) is 0.222. The molecular formula is C5H4F6O. The molecule has 12 heavy (non-hydrogen) atoms. The van der Waals surface area contributed by atoms with E-state index in [1.807, 2.05) is 0 Å². The second kappa shape index (κ2) is 3.24. The van der Waals surface area contributed by atoms with Crippen molar-refractivity contribution in [1.82, 2.24) is 0 Å². The van der Waals surface area contributed by atoms with Crippen LogP contribution >= 0.6 is 0 Å². The van der Waals surface area contributed by atoms with Crippen LogP contribution in [0.2, 0.25) is 0 Å². The highest BCUT2D eigenvalue weighted by atomic mass is 19.4. The molecule has 0 aliphatic rings. The third kappa shape index (κ3) is 3.02. The Labute approximate surface area is 63.6 Å². The summed E-state index contributed by atoms with van der Waals surface area (Å²) < 4.78 is 72.2. The Bertz CT molecular complexity index is 177. The Kier molecular flexibility index (Phi) is 3.00. The van der Waals surface area contributed by atoms with Gasteiger partial charge in [0.1, 0.15) is 0 Å². The first-order valence-corrected chi connectivity index (χ1v) is 2.61. The maximum Gasteiger partial charge on any atom is 0.459 e. The number of halogens is 6. The van der Waals surface area contributed by atoms with Gasteiger partial charge in [0.25, 0.3) is 0 Å². The van der Waals surface area contributed by atoms with Gasteiger partial charge < -0.3 is 4.74 Å². The van der Waals surface area contributed by atoms with Crippen molar-refractivity contribution in [2.75, 3.05) is 0 Å². The second-order valence-electron chi connectivity index (χ2n) is 1.94. The third-order valence-corrected chi connectivity index (χ3v) is 0.876. The Hall–Kier alpha value is -0.880. The summed E-state index contributed by atoms with van der Waals surface area (Å²) in [7, 11) is 0. The fourth-order valence-corrected chi connectivity index (χ4v) is 0.222. The fraction of sp³-hybridized carbons (Fsp3) is 0.600. The van der Waals surface area contributed by atoms with Gasteiger partial charge in [0.2, 0.25) is 0 Å². The van der Waals surface area contributed by atoms with E-state index in [4.69, 9.17) is 0 Å². The van der Waals surface area contributed by atoms with Crippen LogP contribution in [0.1, 0.15) is 6.92 Å². The molecule has 72 valence electrons. The monoisotopic (exact) mass is 194 g/mol. The maximum atomic E-state index is 12.2. The summed E-state index contributed by atoms with van der Waals surface area (Å²) in [6.45, 7) is -0.00750. The first-order valence-electron chi connectivity index (χ1n) is 2.61. The highest BCUT2D eigenvalue weighted by molar-refractivity contribution is 4.78. The molecule has 0 saturated heterocycles. The van der Waals surface area contributed by atoms with Crippen LogP contribution in [0.3, 0.4) is 0 Å². The summed E-state index contributed by atoms with van der Waals surface area (Å²) in [5.41, 5.74) is 0. The highest BCUT2D eigenvalue weighted by Gasteiger charge is 2.54. The summed E-state index contributed by atoms with van der Waals surface area (Å²) in [5.74, 6) is -4.09. The van der Waals surface area contributed by atoms with E-state index in [0.717, 1.165) is 0 Å². The molecule has 0 bridgehead atoms. The Morgan fingerprint density at radius 1 is 1.17 bits per heavy atom. The summed E-state index contributed by atoms with van der Waals surface area (Å²) in [6.07, 6.45) is -8.46. The molecule has 0 aliphatic heterocycles. The van der Waals surface area contributed by atoms with Crippen LogP contribution in [0.5, 0.6) is 0 Å². The lowest BCUT2D eigenvalue weighted by molar-refractivity contribution is -0.308. The highest BCUT2D eigenvalue weighted by Crippen LogP contribution is 2.34. The van der Waals surface area contributed by atoms with Gasteiger partial charge in [-0.1, -0.05) is 0 Å². The number of alkyl halides is 4. The molecule has 1 nitrogen and oxygen atoms in total. The zero-order valence-electron chi connectivity index (χ0n) is 5.75. The number of hydrogen-bond donors (Lipinski definition) is 0. The molecule has 0 aromatic carbocycles. The van der Waals surface area contributed by atoms with Crippen LogP contribution in [0.15, 0.2) is 12.3 Å². The molecule has 0 amide bonds. The van der Waals surface area contributed by atoms with Crippen LogP contribution < -0.4 is 0 Å². The summed E-state index contributed by atoms with van der Waals surface area (Å²) >= 11 is 0. The average molecular weight is 194 g/mol. The van der Waals surface area contributed by atoms with Crippen LogP contribution in [0, 0.1) is 0 Å². The van der Waals surface area contributed by atoms with Crippen molar-refractivity contribution in [3.8, 4) is 0 Å². The predicted octanol–water partition coefficient (Wildman–Crippen LogP) is 2.99. The third-order valence-electron chi connectivity index (χ3n) is 0.876. The molecule has 1 atom stereocenters. The Morgan fingerprint density at radius 3 is 1.83 bits per heavy atom. The van der Waals surface area contributed by atoms with Crippen LogP contribution in [0.25, 0.3) is 0 Å². The van der Waals surface area contributed by atoms with Gasteiger partial charge in [-0.2, -0.15) is 26.3 Å². The molecule has 7 heteroatoms. The minimum absolute atomic E-state index is 0.00750. The van der Waals surface area contributed by atoms with E-state index in [9.17, 15) is 26.3 Å². The molecule has 1 unspecified atom stereocenters. The van der Waals surface area contributed by atoms with Crippen molar-refractivity contribution in [1.29, 1.82) is 0 Å². The van der Waals surface area contributed by atoms with Gasteiger partial charge in [-0.3, -0.25) is 0 Å². The Balaban J connectivity index is 4.34. The number of ether oxygens (including phenoxy) is 1. The van der Waals surface area contributed by atoms with Crippen molar-refractivity contribution in [2.24, 2.45) is 0 Å². The van der Waals surface area contributed by atoms with E-state index < -0.39 is 24.4 Å². The van der Waals surface area contributed by atoms with Gasteiger partial charge in [-0.15, -0.1) is 0 Å². The molecule has 0 rings (SSSR count). The normalized spacial score (nSPS) is 16.6. The topological polar surface area (TPSA) is 9.23 Å². The lowest BCUT2D eigenvalue weighted by Gasteiger charge is -2.21. The average Bonchev–Trinajstić information content (AvgIpc) is 1.81. The maximum absolute atomic E-state index is 12.2. The van der Waals surface area contributed by atoms with Crippen molar-refractivity contribution in [2.45, 2.75) is 19.0 Å². The predicted molar refractivity (Wildman–Crippen MR) is 27.0 cm³/mol. The standard InChI is InChI=1S/C5H4F6O/c1-4(8,5(9,10)11)12-2-3(6)7/h2H,1H3. The summed E-state index contributed by atoms with van der Waals surface area (Å²) in [4.78, 5) is 0. The van der Waals surface area contributed by atoms with Crippen LogP contribution in [0.4, 0.5) is 26.3 Å². The van der Waals surface area contributed by atoms with E-state index in [1.54, 1.807) is 0 Å². The van der Waals surface area contributed by atoms with Gasteiger partial charge in [-0.05, 0) is 0 Å². The molecule has 0 aromatic heterocycles. The van der Waals surface area contributed by atoms with Crippen LogP contribution in [-0.2, 0) is 4.74 Å². The SMILES string of the molecule is CC(F)(OC=C(F)F)C(F)(F)F. The molecule has 0 aliphatic carbocycles. The van der Waals surface area contributed by atoms with E-state index in [-0.39, 0.29) is 6.92 Å². The van der Waals surface area contributed by atoms with E-state index >= 15 is 0 Å². The molecule has 0 spiro atoms. The van der Waals surface area contributed by atoms with Crippen molar-refractivity contribution < 1.29 is 31.1 Å². The lowest BCUT2D eigenvalue weighted by Crippen LogP contribution is -2.39. The number of rotatable bonds is 2. The second-order valence-corrected chi connectivity index (χ2v) is 1.94. The molecular weight excluding hydrogens is 190 g/mol. The van der Waals surface area contributed by atoms with E-state index in [1.165, 1.54) is 0 Å².